The number of alkyl halides is 3. The molecule has 0 fully saturated rings. The van der Waals surface area contributed by atoms with Gasteiger partial charge in [-0.3, -0.25) is 0 Å². The molecule has 72 valence electrons. The van der Waals surface area contributed by atoms with Crippen molar-refractivity contribution in [2.24, 2.45) is 0 Å². The van der Waals surface area contributed by atoms with E-state index in [4.69, 9.17) is 17.3 Å². The van der Waals surface area contributed by atoms with Crippen molar-refractivity contribution in [1.82, 2.24) is 4.98 Å². The van der Waals surface area contributed by atoms with Gasteiger partial charge in [0.25, 0.3) is 6.43 Å². The molecule has 0 aliphatic carbocycles. The number of halogens is 4. The van der Waals surface area contributed by atoms with Crippen molar-refractivity contribution in [3.63, 3.8) is 0 Å². The number of pyridine rings is 1. The number of aromatic nitrogens is 1. The molecule has 13 heavy (non-hydrogen) atoms. The van der Waals surface area contributed by atoms with E-state index in [0.717, 1.165) is 0 Å². The summed E-state index contributed by atoms with van der Waals surface area (Å²) in [4.78, 5) is 3.80. The standard InChI is InChI=1S/C7H6BrClF2N2/c8-5-1-3(12)6(7(10)11)4(2-9)13-5/h1,7H,2H2,(H2,12,13). The van der Waals surface area contributed by atoms with Gasteiger partial charge in [-0.05, 0) is 22.0 Å². The summed E-state index contributed by atoms with van der Waals surface area (Å²) >= 11 is 8.49. The molecule has 0 spiro atoms. The normalized spacial score (nSPS) is 10.8. The fourth-order valence-corrected chi connectivity index (χ4v) is 1.61. The average Bonchev–Trinajstić information content (AvgIpc) is 2.01. The third-order valence-electron chi connectivity index (χ3n) is 1.48. The average molecular weight is 271 g/mol. The Morgan fingerprint density at radius 2 is 2.23 bits per heavy atom. The Bertz CT molecular complexity index is 320. The van der Waals surface area contributed by atoms with Crippen LogP contribution in [0.5, 0.6) is 0 Å². The van der Waals surface area contributed by atoms with E-state index in [2.05, 4.69) is 20.9 Å². The smallest absolute Gasteiger partial charge is 0.267 e. The fourth-order valence-electron chi connectivity index (χ4n) is 0.948. The van der Waals surface area contributed by atoms with Gasteiger partial charge in [-0.15, -0.1) is 11.6 Å². The largest absolute Gasteiger partial charge is 0.398 e. The van der Waals surface area contributed by atoms with Crippen molar-refractivity contribution in [1.29, 1.82) is 0 Å². The van der Waals surface area contributed by atoms with Gasteiger partial charge in [-0.25, -0.2) is 13.8 Å². The van der Waals surface area contributed by atoms with Gasteiger partial charge in [0.2, 0.25) is 0 Å². The van der Waals surface area contributed by atoms with Crippen LogP contribution in [0.15, 0.2) is 10.7 Å². The molecule has 1 aromatic rings. The van der Waals surface area contributed by atoms with E-state index in [9.17, 15) is 8.78 Å². The number of anilines is 1. The van der Waals surface area contributed by atoms with Crippen molar-refractivity contribution in [2.75, 3.05) is 5.73 Å². The van der Waals surface area contributed by atoms with Crippen molar-refractivity contribution in [3.8, 4) is 0 Å². The molecule has 0 atom stereocenters. The Morgan fingerprint density at radius 1 is 1.62 bits per heavy atom. The SMILES string of the molecule is Nc1cc(Br)nc(CCl)c1C(F)F. The van der Waals surface area contributed by atoms with Crippen molar-refractivity contribution in [3.05, 3.63) is 21.9 Å². The zero-order valence-corrected chi connectivity index (χ0v) is 8.74. The number of nitrogens with zero attached hydrogens (tertiary/aromatic N) is 1. The molecule has 0 unspecified atom stereocenters. The van der Waals surface area contributed by atoms with E-state index in [0.29, 0.717) is 4.60 Å². The molecule has 1 rings (SSSR count). The molecular weight excluding hydrogens is 265 g/mol. The lowest BCUT2D eigenvalue weighted by molar-refractivity contribution is 0.151. The topological polar surface area (TPSA) is 38.9 Å². The van der Waals surface area contributed by atoms with Gasteiger partial charge in [0.1, 0.15) is 4.60 Å². The lowest BCUT2D eigenvalue weighted by Gasteiger charge is -2.08. The van der Waals surface area contributed by atoms with E-state index in [-0.39, 0.29) is 22.8 Å². The van der Waals surface area contributed by atoms with Crippen LogP contribution >= 0.6 is 27.5 Å². The van der Waals surface area contributed by atoms with Crippen LogP contribution in [0.25, 0.3) is 0 Å². The predicted octanol–water partition coefficient (Wildman–Crippen LogP) is 3.10. The summed E-state index contributed by atoms with van der Waals surface area (Å²) in [5.41, 5.74) is 5.23. The zero-order chi connectivity index (χ0) is 10.0. The number of hydrogen-bond donors (Lipinski definition) is 1. The van der Waals surface area contributed by atoms with E-state index < -0.39 is 6.43 Å². The lowest BCUT2D eigenvalue weighted by atomic mass is 10.2. The van der Waals surface area contributed by atoms with Gasteiger partial charge >= 0.3 is 0 Å². The molecule has 0 aromatic carbocycles. The quantitative estimate of drug-likeness (QED) is 0.663. The molecular formula is C7H6BrClF2N2. The van der Waals surface area contributed by atoms with Gasteiger partial charge in [-0.1, -0.05) is 0 Å². The third kappa shape index (κ3) is 2.28. The summed E-state index contributed by atoms with van der Waals surface area (Å²) in [7, 11) is 0. The van der Waals surface area contributed by atoms with E-state index in [1.165, 1.54) is 6.07 Å². The van der Waals surface area contributed by atoms with Crippen LogP contribution in [0.1, 0.15) is 17.7 Å². The molecule has 0 amide bonds. The summed E-state index contributed by atoms with van der Waals surface area (Å²) < 4.78 is 25.2. The van der Waals surface area contributed by atoms with Crippen LogP contribution in [0.3, 0.4) is 0 Å². The molecule has 0 radical (unpaired) electrons. The van der Waals surface area contributed by atoms with Crippen molar-refractivity contribution in [2.45, 2.75) is 12.3 Å². The molecule has 0 saturated carbocycles. The lowest BCUT2D eigenvalue weighted by Crippen LogP contribution is -2.02. The van der Waals surface area contributed by atoms with Crippen LogP contribution in [-0.4, -0.2) is 4.98 Å². The summed E-state index contributed by atoms with van der Waals surface area (Å²) in [6.45, 7) is 0. The molecule has 2 nitrogen and oxygen atoms in total. The van der Waals surface area contributed by atoms with Crippen LogP contribution < -0.4 is 5.73 Å². The Morgan fingerprint density at radius 3 is 2.69 bits per heavy atom. The fraction of sp³-hybridized carbons (Fsp3) is 0.286. The second-order valence-electron chi connectivity index (χ2n) is 2.33. The summed E-state index contributed by atoms with van der Waals surface area (Å²) in [5, 5.41) is 0. The van der Waals surface area contributed by atoms with Gasteiger partial charge < -0.3 is 5.73 Å². The highest BCUT2D eigenvalue weighted by Crippen LogP contribution is 2.30. The third-order valence-corrected chi connectivity index (χ3v) is 2.14. The number of hydrogen-bond acceptors (Lipinski definition) is 2. The van der Waals surface area contributed by atoms with Crippen molar-refractivity contribution < 1.29 is 8.78 Å². The Hall–Kier alpha value is -0.420. The maximum atomic E-state index is 12.4. The molecule has 0 saturated heterocycles. The minimum atomic E-state index is -2.64. The van der Waals surface area contributed by atoms with Gasteiger partial charge in [0.05, 0.1) is 17.1 Å². The first kappa shape index (κ1) is 10.7. The van der Waals surface area contributed by atoms with Crippen LogP contribution in [0.2, 0.25) is 0 Å². The molecule has 2 N–H and O–H groups in total. The Labute approximate surface area is 87.2 Å². The van der Waals surface area contributed by atoms with Crippen molar-refractivity contribution >= 4 is 33.2 Å². The monoisotopic (exact) mass is 270 g/mol. The second-order valence-corrected chi connectivity index (χ2v) is 3.41. The highest BCUT2D eigenvalue weighted by molar-refractivity contribution is 9.10. The van der Waals surface area contributed by atoms with Crippen LogP contribution in [0.4, 0.5) is 14.5 Å². The first-order valence-corrected chi connectivity index (χ1v) is 4.68. The van der Waals surface area contributed by atoms with E-state index in [1.54, 1.807) is 0 Å². The molecule has 1 aromatic heterocycles. The summed E-state index contributed by atoms with van der Waals surface area (Å²) in [6, 6.07) is 1.33. The van der Waals surface area contributed by atoms with Gasteiger partial charge in [0.15, 0.2) is 0 Å². The highest BCUT2D eigenvalue weighted by atomic mass is 79.9. The van der Waals surface area contributed by atoms with E-state index >= 15 is 0 Å². The Kier molecular flexibility index (Phi) is 3.44. The van der Waals surface area contributed by atoms with E-state index in [1.807, 2.05) is 0 Å². The summed E-state index contributed by atoms with van der Waals surface area (Å²) in [5.74, 6) is -0.0800. The maximum Gasteiger partial charge on any atom is 0.267 e. The molecule has 6 heteroatoms. The summed E-state index contributed by atoms with van der Waals surface area (Å²) in [6.07, 6.45) is -2.64. The van der Waals surface area contributed by atoms with Crippen LogP contribution in [0, 0.1) is 0 Å². The first-order valence-electron chi connectivity index (χ1n) is 3.35. The van der Waals surface area contributed by atoms with Gasteiger partial charge in [0, 0.05) is 5.69 Å². The number of nitrogen functional groups attached to an aromatic ring is 1. The molecule has 1 heterocycles. The maximum absolute atomic E-state index is 12.4. The zero-order valence-electron chi connectivity index (χ0n) is 6.40. The molecule has 0 aliphatic rings. The predicted molar refractivity (Wildman–Crippen MR) is 50.9 cm³/mol. The highest BCUT2D eigenvalue weighted by Gasteiger charge is 2.17. The Balaban J connectivity index is 3.30. The van der Waals surface area contributed by atoms with Crippen LogP contribution in [-0.2, 0) is 5.88 Å². The number of rotatable bonds is 2. The second kappa shape index (κ2) is 4.19. The molecule has 0 aliphatic heterocycles. The van der Waals surface area contributed by atoms with Gasteiger partial charge in [-0.2, -0.15) is 0 Å². The molecule has 0 bridgehead atoms. The first-order chi connectivity index (χ1) is 6.06. The minimum Gasteiger partial charge on any atom is -0.398 e. The minimum absolute atomic E-state index is 0.00697. The number of nitrogens with two attached hydrogens (primary N) is 1.